The van der Waals surface area contributed by atoms with E-state index < -0.39 is 10.0 Å². The zero-order valence-electron chi connectivity index (χ0n) is 17.6. The number of hydrogen-bond donors (Lipinski definition) is 1. The third kappa shape index (κ3) is 5.08. The molecule has 0 amide bonds. The molecule has 1 aliphatic rings. The highest BCUT2D eigenvalue weighted by Crippen LogP contribution is 2.15. The number of aryl methyl sites for hydroxylation is 1. The van der Waals surface area contributed by atoms with Crippen LogP contribution in [-0.4, -0.2) is 73.1 Å². The lowest BCUT2D eigenvalue weighted by atomic mass is 10.2. The molecular formula is C21H28N6O3S. The minimum absolute atomic E-state index is 0.134. The van der Waals surface area contributed by atoms with Crippen molar-refractivity contribution in [2.45, 2.75) is 18.7 Å². The molecule has 1 aromatic carbocycles. The molecule has 0 radical (unpaired) electrons. The molecular weight excluding hydrogens is 416 g/mol. The topological polar surface area (TPSA) is 96.0 Å². The van der Waals surface area contributed by atoms with Crippen LogP contribution in [0.4, 0.5) is 0 Å². The van der Waals surface area contributed by atoms with Crippen LogP contribution in [-0.2, 0) is 22.3 Å². The fourth-order valence-corrected chi connectivity index (χ4v) is 5.31. The number of nitrogens with one attached hydrogen (secondary N) is 1. The van der Waals surface area contributed by atoms with Gasteiger partial charge in [0, 0.05) is 64.1 Å². The van der Waals surface area contributed by atoms with E-state index >= 15 is 0 Å². The third-order valence-electron chi connectivity index (χ3n) is 5.50. The van der Waals surface area contributed by atoms with Crippen LogP contribution in [0.25, 0.3) is 10.9 Å². The molecule has 1 saturated heterocycles. The highest BCUT2D eigenvalue weighted by Gasteiger charge is 2.28. The monoisotopic (exact) mass is 444 g/mol. The van der Waals surface area contributed by atoms with Crippen molar-refractivity contribution in [3.8, 4) is 0 Å². The molecule has 9 nitrogen and oxygen atoms in total. The predicted octanol–water partition coefficient (Wildman–Crippen LogP) is 1.74. The molecule has 4 rings (SSSR count). The normalized spacial score (nSPS) is 16.2. The van der Waals surface area contributed by atoms with Gasteiger partial charge in [-0.05, 0) is 23.9 Å². The van der Waals surface area contributed by atoms with Gasteiger partial charge in [0.15, 0.2) is 5.96 Å². The van der Waals surface area contributed by atoms with Crippen molar-refractivity contribution in [2.75, 3.05) is 39.8 Å². The number of nitrogens with zero attached hydrogens (tertiary/aromatic N) is 5. The summed E-state index contributed by atoms with van der Waals surface area (Å²) >= 11 is 0. The van der Waals surface area contributed by atoms with E-state index in [9.17, 15) is 8.42 Å². The van der Waals surface area contributed by atoms with Crippen LogP contribution < -0.4 is 5.32 Å². The minimum Gasteiger partial charge on any atom is -0.364 e. The maximum Gasteiger partial charge on any atom is 0.220 e. The summed E-state index contributed by atoms with van der Waals surface area (Å²) in [5.41, 5.74) is 1.67. The van der Waals surface area contributed by atoms with Gasteiger partial charge in [-0.15, -0.1) is 0 Å². The van der Waals surface area contributed by atoms with Crippen molar-refractivity contribution < 1.29 is 12.9 Å². The van der Waals surface area contributed by atoms with Gasteiger partial charge in [-0.3, -0.25) is 4.99 Å². The van der Waals surface area contributed by atoms with E-state index in [1.54, 1.807) is 13.1 Å². The first-order valence-electron chi connectivity index (χ1n) is 10.4. The summed E-state index contributed by atoms with van der Waals surface area (Å²) in [6, 6.07) is 12.1. The van der Waals surface area contributed by atoms with E-state index in [4.69, 9.17) is 4.52 Å². The minimum atomic E-state index is -3.41. The molecule has 0 aliphatic carbocycles. The Labute approximate surface area is 182 Å². The van der Waals surface area contributed by atoms with Crippen LogP contribution in [0.5, 0.6) is 0 Å². The Morgan fingerprint density at radius 1 is 1.16 bits per heavy atom. The SMILES string of the molecule is CN=C(NCCCn1ccc2ccccc21)N1CCN(S(=O)(=O)Cc2ccon2)CC1. The molecule has 166 valence electrons. The second kappa shape index (κ2) is 9.52. The Bertz CT molecular complexity index is 1120. The lowest BCUT2D eigenvalue weighted by Crippen LogP contribution is -2.54. The van der Waals surface area contributed by atoms with Gasteiger partial charge < -0.3 is 19.3 Å². The van der Waals surface area contributed by atoms with Crippen molar-refractivity contribution in [2.24, 2.45) is 4.99 Å². The van der Waals surface area contributed by atoms with E-state index in [0.717, 1.165) is 25.5 Å². The quantitative estimate of drug-likeness (QED) is 0.339. The number of sulfonamides is 1. The van der Waals surface area contributed by atoms with Crippen molar-refractivity contribution in [3.05, 3.63) is 54.6 Å². The maximum absolute atomic E-state index is 12.6. The van der Waals surface area contributed by atoms with Crippen LogP contribution in [0.2, 0.25) is 0 Å². The number of fused-ring (bicyclic) bond motifs is 1. The second-order valence-electron chi connectivity index (χ2n) is 7.53. The zero-order chi connectivity index (χ0) is 21.7. The van der Waals surface area contributed by atoms with Gasteiger partial charge in [-0.2, -0.15) is 4.31 Å². The van der Waals surface area contributed by atoms with Crippen molar-refractivity contribution in [1.29, 1.82) is 0 Å². The van der Waals surface area contributed by atoms with E-state index in [2.05, 4.69) is 61.5 Å². The van der Waals surface area contributed by atoms with Crippen LogP contribution >= 0.6 is 0 Å². The number of aliphatic imine (C=N–C) groups is 1. The summed E-state index contributed by atoms with van der Waals surface area (Å²) in [6.45, 7) is 3.77. The number of benzene rings is 1. The number of rotatable bonds is 7. The fourth-order valence-electron chi connectivity index (χ4n) is 3.89. The zero-order valence-corrected chi connectivity index (χ0v) is 18.5. The molecule has 0 spiro atoms. The summed E-state index contributed by atoms with van der Waals surface area (Å²) in [5, 5.41) is 8.37. The Hall–Kier alpha value is -2.85. The highest BCUT2D eigenvalue weighted by molar-refractivity contribution is 7.88. The summed E-state index contributed by atoms with van der Waals surface area (Å²) < 4.78 is 33.7. The number of para-hydroxylation sites is 1. The molecule has 0 atom stereocenters. The van der Waals surface area contributed by atoms with Crippen molar-refractivity contribution >= 4 is 26.9 Å². The first kappa shape index (κ1) is 21.4. The molecule has 3 heterocycles. The van der Waals surface area contributed by atoms with Gasteiger partial charge in [0.1, 0.15) is 12.0 Å². The molecule has 0 unspecified atom stereocenters. The molecule has 0 bridgehead atoms. The summed E-state index contributed by atoms with van der Waals surface area (Å²) in [6.07, 6.45) is 4.47. The Morgan fingerprint density at radius 3 is 2.71 bits per heavy atom. The predicted molar refractivity (Wildman–Crippen MR) is 120 cm³/mol. The standard InChI is InChI=1S/C21H28N6O3S/c1-22-21(23-9-4-10-25-11-7-18-5-2-3-6-20(18)25)26-12-14-27(15-13-26)31(28,29)17-19-8-16-30-24-19/h2-3,5-8,11,16H,4,9-10,12-15,17H2,1H3,(H,22,23). The van der Waals surface area contributed by atoms with E-state index in [1.807, 2.05) is 0 Å². The van der Waals surface area contributed by atoms with Crippen LogP contribution in [0.3, 0.4) is 0 Å². The van der Waals surface area contributed by atoms with Crippen molar-refractivity contribution in [1.82, 2.24) is 24.2 Å². The molecule has 10 heteroatoms. The lowest BCUT2D eigenvalue weighted by molar-refractivity contribution is 0.259. The third-order valence-corrected chi connectivity index (χ3v) is 7.32. The van der Waals surface area contributed by atoms with Gasteiger partial charge in [0.25, 0.3) is 0 Å². The molecule has 1 aliphatic heterocycles. The lowest BCUT2D eigenvalue weighted by Gasteiger charge is -2.35. The Kier molecular flexibility index (Phi) is 6.57. The van der Waals surface area contributed by atoms with Crippen LogP contribution in [0.1, 0.15) is 12.1 Å². The van der Waals surface area contributed by atoms with Gasteiger partial charge in [0.05, 0.1) is 5.69 Å². The summed E-state index contributed by atoms with van der Waals surface area (Å²) in [7, 11) is -1.65. The van der Waals surface area contributed by atoms with Gasteiger partial charge in [-0.25, -0.2) is 8.42 Å². The largest absolute Gasteiger partial charge is 0.364 e. The first-order chi connectivity index (χ1) is 15.1. The second-order valence-corrected chi connectivity index (χ2v) is 9.50. The molecule has 1 N–H and O–H groups in total. The number of hydrogen-bond acceptors (Lipinski definition) is 5. The Morgan fingerprint density at radius 2 is 1.97 bits per heavy atom. The average molecular weight is 445 g/mol. The van der Waals surface area contributed by atoms with E-state index in [0.29, 0.717) is 31.9 Å². The smallest absolute Gasteiger partial charge is 0.220 e. The van der Waals surface area contributed by atoms with Crippen LogP contribution in [0, 0.1) is 0 Å². The summed E-state index contributed by atoms with van der Waals surface area (Å²) in [5.74, 6) is 0.677. The average Bonchev–Trinajstić information content (AvgIpc) is 3.44. The highest BCUT2D eigenvalue weighted by atomic mass is 32.2. The van der Waals surface area contributed by atoms with Crippen LogP contribution in [0.15, 0.2) is 58.4 Å². The molecule has 3 aromatic rings. The van der Waals surface area contributed by atoms with Gasteiger partial charge in [0.2, 0.25) is 10.0 Å². The van der Waals surface area contributed by atoms with E-state index in [-0.39, 0.29) is 5.75 Å². The molecule has 2 aromatic heterocycles. The maximum atomic E-state index is 12.6. The molecule has 1 fully saturated rings. The number of guanidine groups is 1. The van der Waals surface area contributed by atoms with E-state index in [1.165, 1.54) is 21.5 Å². The van der Waals surface area contributed by atoms with Crippen molar-refractivity contribution in [3.63, 3.8) is 0 Å². The van der Waals surface area contributed by atoms with Gasteiger partial charge >= 0.3 is 0 Å². The Balaban J connectivity index is 1.24. The number of aromatic nitrogens is 2. The fraction of sp³-hybridized carbons (Fsp3) is 0.429. The van der Waals surface area contributed by atoms with Gasteiger partial charge in [-0.1, -0.05) is 23.4 Å². The molecule has 0 saturated carbocycles. The first-order valence-corrected chi connectivity index (χ1v) is 12.0. The number of piperazine rings is 1. The summed E-state index contributed by atoms with van der Waals surface area (Å²) in [4.78, 5) is 6.48. The molecule has 31 heavy (non-hydrogen) atoms.